The maximum atomic E-state index is 11.2. The standard InChI is InChI=1S/C9H9ClO5S/c1-14-8-4-2-3-7(5-11)9(8)15-16(12,13)6-10/h2-5H,6H2,1H3. The molecular formula is C9H9ClO5S. The van der Waals surface area contributed by atoms with Crippen LogP contribution in [0.2, 0.25) is 0 Å². The SMILES string of the molecule is COc1cccc(C=O)c1OS(=O)(=O)CCl. The minimum atomic E-state index is -3.91. The second-order valence-corrected chi connectivity index (χ2v) is 4.90. The summed E-state index contributed by atoms with van der Waals surface area (Å²) in [5.41, 5.74) is 0.0769. The van der Waals surface area contributed by atoms with Crippen LogP contribution in [-0.2, 0) is 10.1 Å². The Bertz CT molecular complexity index is 483. The zero-order valence-corrected chi connectivity index (χ0v) is 9.92. The molecule has 0 saturated heterocycles. The molecule has 0 heterocycles. The molecule has 0 aliphatic rings. The van der Waals surface area contributed by atoms with Crippen LogP contribution in [0.5, 0.6) is 11.5 Å². The number of benzene rings is 1. The van der Waals surface area contributed by atoms with E-state index < -0.39 is 15.3 Å². The highest BCUT2D eigenvalue weighted by Gasteiger charge is 2.18. The lowest BCUT2D eigenvalue weighted by Gasteiger charge is -2.10. The third-order valence-corrected chi connectivity index (χ3v) is 3.19. The van der Waals surface area contributed by atoms with E-state index >= 15 is 0 Å². The molecule has 0 amide bonds. The number of carbonyl (C=O) groups excluding carboxylic acids is 1. The van der Waals surface area contributed by atoms with Crippen LogP contribution in [0.4, 0.5) is 0 Å². The van der Waals surface area contributed by atoms with Crippen molar-refractivity contribution in [2.24, 2.45) is 0 Å². The summed E-state index contributed by atoms with van der Waals surface area (Å²) >= 11 is 5.19. The summed E-state index contributed by atoms with van der Waals surface area (Å²) in [6.07, 6.45) is 0.474. The van der Waals surface area contributed by atoms with E-state index in [2.05, 4.69) is 4.18 Å². The highest BCUT2D eigenvalue weighted by molar-refractivity contribution is 7.88. The van der Waals surface area contributed by atoms with E-state index in [0.717, 1.165) is 0 Å². The Morgan fingerprint density at radius 1 is 1.44 bits per heavy atom. The van der Waals surface area contributed by atoms with Crippen LogP contribution in [-0.4, -0.2) is 27.0 Å². The van der Waals surface area contributed by atoms with Gasteiger partial charge in [-0.3, -0.25) is 4.79 Å². The van der Waals surface area contributed by atoms with Crippen LogP contribution in [0.3, 0.4) is 0 Å². The molecule has 0 bridgehead atoms. The molecule has 0 spiro atoms. The molecule has 5 nitrogen and oxygen atoms in total. The van der Waals surface area contributed by atoms with Crippen LogP contribution in [0.25, 0.3) is 0 Å². The summed E-state index contributed by atoms with van der Waals surface area (Å²) in [5.74, 6) is -0.000980. The summed E-state index contributed by atoms with van der Waals surface area (Å²) in [6, 6.07) is 4.43. The second-order valence-electron chi connectivity index (χ2n) is 2.75. The molecule has 0 saturated carbocycles. The monoisotopic (exact) mass is 264 g/mol. The zero-order chi connectivity index (χ0) is 12.2. The number of hydrogen-bond acceptors (Lipinski definition) is 5. The first-order valence-electron chi connectivity index (χ1n) is 4.14. The number of aldehydes is 1. The Labute approximate surface area is 98.1 Å². The molecular weight excluding hydrogens is 256 g/mol. The zero-order valence-electron chi connectivity index (χ0n) is 8.34. The van der Waals surface area contributed by atoms with Crippen LogP contribution in [0.15, 0.2) is 18.2 Å². The predicted octanol–water partition coefficient (Wildman–Crippen LogP) is 1.41. The van der Waals surface area contributed by atoms with E-state index in [0.29, 0.717) is 6.29 Å². The topological polar surface area (TPSA) is 69.7 Å². The van der Waals surface area contributed by atoms with Gasteiger partial charge in [0.15, 0.2) is 23.0 Å². The first kappa shape index (κ1) is 12.8. The van der Waals surface area contributed by atoms with Gasteiger partial charge in [0, 0.05) is 0 Å². The Morgan fingerprint density at radius 2 is 2.12 bits per heavy atom. The molecule has 0 fully saturated rings. The average molecular weight is 265 g/mol. The maximum absolute atomic E-state index is 11.2. The fraction of sp³-hybridized carbons (Fsp3) is 0.222. The molecule has 1 rings (SSSR count). The molecule has 0 N–H and O–H groups in total. The smallest absolute Gasteiger partial charge is 0.323 e. The van der Waals surface area contributed by atoms with Crippen molar-refractivity contribution in [3.63, 3.8) is 0 Å². The van der Waals surface area contributed by atoms with Gasteiger partial charge in [-0.05, 0) is 12.1 Å². The van der Waals surface area contributed by atoms with Gasteiger partial charge in [0.2, 0.25) is 0 Å². The number of hydrogen-bond donors (Lipinski definition) is 0. The van der Waals surface area contributed by atoms with Crippen LogP contribution < -0.4 is 8.92 Å². The summed E-state index contributed by atoms with van der Waals surface area (Å²) in [4.78, 5) is 10.7. The van der Waals surface area contributed by atoms with Gasteiger partial charge in [-0.25, -0.2) is 0 Å². The molecule has 88 valence electrons. The molecule has 0 aliphatic carbocycles. The van der Waals surface area contributed by atoms with Crippen LogP contribution >= 0.6 is 11.6 Å². The van der Waals surface area contributed by atoms with Crippen molar-refractivity contribution in [1.29, 1.82) is 0 Å². The van der Waals surface area contributed by atoms with Crippen molar-refractivity contribution in [3.8, 4) is 11.5 Å². The minimum Gasteiger partial charge on any atom is -0.493 e. The molecule has 0 aromatic heterocycles. The second kappa shape index (κ2) is 5.18. The van der Waals surface area contributed by atoms with Gasteiger partial charge in [0.25, 0.3) is 0 Å². The Balaban J connectivity index is 3.24. The van der Waals surface area contributed by atoms with Crippen LogP contribution in [0.1, 0.15) is 10.4 Å². The number of methoxy groups -OCH3 is 1. The van der Waals surface area contributed by atoms with Gasteiger partial charge in [0.1, 0.15) is 0 Å². The van der Waals surface area contributed by atoms with Gasteiger partial charge in [-0.2, -0.15) is 8.42 Å². The number of para-hydroxylation sites is 1. The van der Waals surface area contributed by atoms with Crippen molar-refractivity contribution in [3.05, 3.63) is 23.8 Å². The summed E-state index contributed by atoms with van der Waals surface area (Å²) in [7, 11) is -2.57. The quantitative estimate of drug-likeness (QED) is 0.457. The van der Waals surface area contributed by atoms with Crippen molar-refractivity contribution < 1.29 is 22.1 Å². The van der Waals surface area contributed by atoms with Crippen LogP contribution in [0, 0.1) is 0 Å². The highest BCUT2D eigenvalue weighted by atomic mass is 35.5. The molecule has 1 aromatic carbocycles. The van der Waals surface area contributed by atoms with E-state index in [1.54, 1.807) is 6.07 Å². The number of carbonyl (C=O) groups is 1. The van der Waals surface area contributed by atoms with Crippen molar-refractivity contribution >= 4 is 28.0 Å². The molecule has 1 aromatic rings. The van der Waals surface area contributed by atoms with Crippen molar-refractivity contribution in [2.45, 2.75) is 0 Å². The number of ether oxygens (including phenoxy) is 1. The van der Waals surface area contributed by atoms with E-state index in [-0.39, 0.29) is 17.1 Å². The molecule has 0 aliphatic heterocycles. The largest absolute Gasteiger partial charge is 0.493 e. The minimum absolute atomic E-state index is 0.0769. The Kier molecular flexibility index (Phi) is 4.14. The van der Waals surface area contributed by atoms with E-state index in [1.165, 1.54) is 19.2 Å². The molecule has 0 atom stereocenters. The van der Waals surface area contributed by atoms with Gasteiger partial charge < -0.3 is 8.92 Å². The summed E-state index contributed by atoms with van der Waals surface area (Å²) < 4.78 is 31.9. The van der Waals surface area contributed by atoms with E-state index in [1.807, 2.05) is 0 Å². The lowest BCUT2D eigenvalue weighted by Crippen LogP contribution is -2.12. The third kappa shape index (κ3) is 2.86. The van der Waals surface area contributed by atoms with E-state index in [4.69, 9.17) is 16.3 Å². The first-order valence-corrected chi connectivity index (χ1v) is 6.25. The normalized spacial score (nSPS) is 10.9. The lowest BCUT2D eigenvalue weighted by molar-refractivity contribution is 0.112. The Morgan fingerprint density at radius 3 is 2.62 bits per heavy atom. The maximum Gasteiger partial charge on any atom is 0.323 e. The van der Waals surface area contributed by atoms with Gasteiger partial charge in [-0.15, -0.1) is 11.6 Å². The lowest BCUT2D eigenvalue weighted by atomic mass is 10.2. The summed E-state index contributed by atoms with van der Waals surface area (Å²) in [6.45, 7) is 0. The van der Waals surface area contributed by atoms with Gasteiger partial charge in [0.05, 0.1) is 12.7 Å². The van der Waals surface area contributed by atoms with Gasteiger partial charge in [-0.1, -0.05) is 6.07 Å². The fourth-order valence-corrected chi connectivity index (χ4v) is 1.64. The first-order chi connectivity index (χ1) is 7.54. The molecule has 16 heavy (non-hydrogen) atoms. The molecule has 0 radical (unpaired) electrons. The highest BCUT2D eigenvalue weighted by Crippen LogP contribution is 2.31. The van der Waals surface area contributed by atoms with Crippen molar-refractivity contribution in [2.75, 3.05) is 12.3 Å². The third-order valence-electron chi connectivity index (χ3n) is 1.70. The molecule has 0 unspecified atom stereocenters. The van der Waals surface area contributed by atoms with E-state index in [9.17, 15) is 13.2 Å². The summed E-state index contributed by atoms with van der Waals surface area (Å²) in [5, 5.41) is -0.705. The predicted molar refractivity (Wildman–Crippen MR) is 58.6 cm³/mol. The number of alkyl halides is 1. The number of rotatable bonds is 5. The Hall–Kier alpha value is -1.27. The fourth-order valence-electron chi connectivity index (χ4n) is 1.02. The number of halogens is 1. The van der Waals surface area contributed by atoms with Gasteiger partial charge >= 0.3 is 10.1 Å². The molecule has 7 heteroatoms. The van der Waals surface area contributed by atoms with Crippen molar-refractivity contribution in [1.82, 2.24) is 0 Å². The average Bonchev–Trinajstić information content (AvgIpc) is 2.29.